The highest BCUT2D eigenvalue weighted by atomic mass is 35.5. The molecule has 16 heteroatoms. The molecular formula is C20H26ClN8O6P. The highest BCUT2D eigenvalue weighted by Crippen LogP contribution is 2.47. The van der Waals surface area contributed by atoms with Gasteiger partial charge < -0.3 is 29.3 Å². The van der Waals surface area contributed by atoms with Crippen molar-refractivity contribution in [2.45, 2.75) is 43.3 Å². The molecule has 0 spiro atoms. The second-order valence-electron chi connectivity index (χ2n) is 9.74. The van der Waals surface area contributed by atoms with Crippen LogP contribution in [0.5, 0.6) is 0 Å². The largest absolute Gasteiger partial charge is 0.385 e. The van der Waals surface area contributed by atoms with Crippen molar-refractivity contribution in [2.75, 3.05) is 31.3 Å². The summed E-state index contributed by atoms with van der Waals surface area (Å²) in [6.07, 6.45) is 2.33. The minimum atomic E-state index is -3.91. The fourth-order valence-corrected chi connectivity index (χ4v) is 6.32. The lowest BCUT2D eigenvalue weighted by molar-refractivity contribution is -0.0983. The number of rotatable bonds is 6. The molecule has 1 aliphatic carbocycles. The maximum atomic E-state index is 11.8. The number of aliphatic hydroxyl groups excluding tert-OH is 1. The minimum absolute atomic E-state index is 0.0163. The Balaban J connectivity index is 1.37. The average Bonchev–Trinajstić information content (AvgIpc) is 3.62. The van der Waals surface area contributed by atoms with Crippen LogP contribution in [0.3, 0.4) is 0 Å². The van der Waals surface area contributed by atoms with Crippen LogP contribution in [-0.2, 0) is 19.4 Å². The molecule has 3 aliphatic rings. The van der Waals surface area contributed by atoms with Crippen molar-refractivity contribution in [1.29, 1.82) is 0 Å². The van der Waals surface area contributed by atoms with Gasteiger partial charge in [-0.2, -0.15) is 30.5 Å². The standard InChI is InChI=1S/C20H26ClN8O6P/c1-36(32,33)34-9-14-20(31,13-6-22-27-26-13)15(30)18(35-14)29-17-12(5-23-29)16(24-19(21)25-17)28-7-10-3-2-4-11(10)8-28/h5-6,10-11,14-15,18,30-31H,2-4,7-9H2,1H3,(H,32,33)(H,22,26,27)/t10-,11+,14-,15+,18-,20-/m1/s1. The summed E-state index contributed by atoms with van der Waals surface area (Å²) >= 11 is 6.32. The number of aliphatic hydroxyl groups is 2. The van der Waals surface area contributed by atoms with Gasteiger partial charge in [0.2, 0.25) is 5.28 Å². The molecule has 3 aromatic rings. The number of H-pyrrole nitrogens is 1. The number of ether oxygens (including phenoxy) is 1. The monoisotopic (exact) mass is 540 g/mol. The van der Waals surface area contributed by atoms with Crippen LogP contribution in [-0.4, -0.2) is 88.8 Å². The van der Waals surface area contributed by atoms with E-state index in [2.05, 4.69) is 35.4 Å². The summed E-state index contributed by atoms with van der Waals surface area (Å²) in [4.78, 5) is 20.6. The van der Waals surface area contributed by atoms with Crippen molar-refractivity contribution in [3.8, 4) is 0 Å². The van der Waals surface area contributed by atoms with E-state index in [1.165, 1.54) is 30.1 Å². The Hall–Kier alpha value is -2.19. The van der Waals surface area contributed by atoms with Crippen molar-refractivity contribution in [1.82, 2.24) is 35.2 Å². The molecule has 2 aliphatic heterocycles. The first-order valence-electron chi connectivity index (χ1n) is 11.7. The molecule has 6 rings (SSSR count). The van der Waals surface area contributed by atoms with E-state index in [0.29, 0.717) is 28.7 Å². The van der Waals surface area contributed by atoms with Gasteiger partial charge in [0, 0.05) is 19.8 Å². The number of nitrogens with zero attached hydrogens (tertiary/aromatic N) is 7. The number of fused-ring (bicyclic) bond motifs is 2. The van der Waals surface area contributed by atoms with Gasteiger partial charge in [0.15, 0.2) is 17.5 Å². The summed E-state index contributed by atoms with van der Waals surface area (Å²) in [6, 6.07) is 0. The molecule has 36 heavy (non-hydrogen) atoms. The zero-order valence-corrected chi connectivity index (χ0v) is 21.0. The molecule has 194 valence electrons. The van der Waals surface area contributed by atoms with Gasteiger partial charge in [0.25, 0.3) is 0 Å². The van der Waals surface area contributed by atoms with E-state index in [1.807, 2.05) is 0 Å². The predicted octanol–water partition coefficient (Wildman–Crippen LogP) is 0.812. The molecule has 5 heterocycles. The quantitative estimate of drug-likeness (QED) is 0.255. The van der Waals surface area contributed by atoms with E-state index in [4.69, 9.17) is 20.9 Å². The van der Waals surface area contributed by atoms with Gasteiger partial charge in [-0.25, -0.2) is 4.68 Å². The number of hydrogen-bond donors (Lipinski definition) is 4. The second-order valence-corrected chi connectivity index (χ2v) is 11.9. The number of anilines is 1. The maximum Gasteiger partial charge on any atom is 0.325 e. The van der Waals surface area contributed by atoms with Crippen LogP contribution in [0.1, 0.15) is 31.2 Å². The zero-order valence-electron chi connectivity index (χ0n) is 19.3. The number of aromatic nitrogens is 7. The molecule has 0 aromatic carbocycles. The van der Waals surface area contributed by atoms with Gasteiger partial charge in [-0.1, -0.05) is 6.42 Å². The van der Waals surface area contributed by atoms with Gasteiger partial charge in [0.1, 0.15) is 23.7 Å². The van der Waals surface area contributed by atoms with Crippen LogP contribution in [0.4, 0.5) is 5.82 Å². The molecule has 3 aromatic heterocycles. The van der Waals surface area contributed by atoms with E-state index >= 15 is 0 Å². The lowest BCUT2D eigenvalue weighted by Crippen LogP contribution is -2.47. The molecule has 0 amide bonds. The fourth-order valence-electron chi connectivity index (χ4n) is 5.75. The normalized spacial score (nSPS) is 33.9. The molecule has 14 nitrogen and oxygen atoms in total. The third-order valence-electron chi connectivity index (χ3n) is 7.48. The zero-order chi connectivity index (χ0) is 25.2. The Bertz CT molecular complexity index is 1310. The Morgan fingerprint density at radius 2 is 2.06 bits per heavy atom. The van der Waals surface area contributed by atoms with Crippen molar-refractivity contribution >= 4 is 36.0 Å². The molecule has 0 radical (unpaired) electrons. The van der Waals surface area contributed by atoms with Gasteiger partial charge in [-0.3, -0.25) is 4.57 Å². The fraction of sp³-hybridized carbons (Fsp3) is 0.650. The molecular weight excluding hydrogens is 515 g/mol. The third-order valence-corrected chi connectivity index (χ3v) is 8.28. The number of aromatic amines is 1. The second kappa shape index (κ2) is 8.69. The summed E-state index contributed by atoms with van der Waals surface area (Å²) < 4.78 is 24.1. The van der Waals surface area contributed by atoms with Crippen molar-refractivity contribution in [3.05, 3.63) is 23.4 Å². The summed E-state index contributed by atoms with van der Waals surface area (Å²) in [5.41, 5.74) is -1.83. The van der Waals surface area contributed by atoms with Gasteiger partial charge in [-0.15, -0.1) is 0 Å². The highest BCUT2D eigenvalue weighted by Gasteiger charge is 2.59. The molecule has 4 N–H and O–H groups in total. The van der Waals surface area contributed by atoms with Gasteiger partial charge >= 0.3 is 7.60 Å². The highest BCUT2D eigenvalue weighted by molar-refractivity contribution is 7.51. The number of hydrogen-bond acceptors (Lipinski definition) is 11. The SMILES string of the molecule is CP(=O)(O)OC[C@H]1O[C@@H](n2ncc3c(N4C[C@H]5CCC[C@H]5C4)nc(Cl)nc32)[C@H](O)[C@@]1(O)c1cn[nH]n1. The van der Waals surface area contributed by atoms with Gasteiger partial charge in [-0.05, 0) is 36.3 Å². The van der Waals surface area contributed by atoms with Crippen molar-refractivity contribution in [3.63, 3.8) is 0 Å². The molecule has 2 saturated heterocycles. The molecule has 0 bridgehead atoms. The maximum absolute atomic E-state index is 11.8. The first kappa shape index (κ1) is 24.2. The van der Waals surface area contributed by atoms with Crippen molar-refractivity contribution in [2.24, 2.45) is 11.8 Å². The summed E-state index contributed by atoms with van der Waals surface area (Å²) in [6.45, 7) is 2.27. The van der Waals surface area contributed by atoms with Gasteiger partial charge in [0.05, 0.1) is 24.4 Å². The van der Waals surface area contributed by atoms with Crippen LogP contribution in [0.25, 0.3) is 11.0 Å². The Labute approximate surface area is 210 Å². The van der Waals surface area contributed by atoms with E-state index < -0.39 is 38.2 Å². The van der Waals surface area contributed by atoms with Crippen molar-refractivity contribution < 1.29 is 28.9 Å². The predicted molar refractivity (Wildman–Crippen MR) is 125 cm³/mol. The Kier molecular flexibility index (Phi) is 5.83. The number of halogens is 1. The Morgan fingerprint density at radius 3 is 2.72 bits per heavy atom. The average molecular weight is 541 g/mol. The first-order valence-corrected chi connectivity index (χ1v) is 14.1. The van der Waals surface area contributed by atoms with Crippen LogP contribution in [0, 0.1) is 11.8 Å². The molecule has 3 fully saturated rings. The van der Waals surface area contributed by atoms with Crippen LogP contribution >= 0.6 is 19.2 Å². The van der Waals surface area contributed by atoms with E-state index in [1.54, 1.807) is 6.20 Å². The topological polar surface area (TPSA) is 185 Å². The summed E-state index contributed by atoms with van der Waals surface area (Å²) in [7, 11) is -3.91. The smallest absolute Gasteiger partial charge is 0.325 e. The van der Waals surface area contributed by atoms with E-state index in [9.17, 15) is 19.7 Å². The summed E-state index contributed by atoms with van der Waals surface area (Å²) in [5.74, 6) is 1.92. The third kappa shape index (κ3) is 3.92. The molecule has 1 saturated carbocycles. The molecule has 1 unspecified atom stereocenters. The minimum Gasteiger partial charge on any atom is -0.385 e. The molecule has 7 atom stereocenters. The number of nitrogens with one attached hydrogen (secondary N) is 1. The first-order chi connectivity index (χ1) is 17.1. The van der Waals surface area contributed by atoms with Crippen LogP contribution < -0.4 is 4.90 Å². The van der Waals surface area contributed by atoms with Crippen LogP contribution in [0.15, 0.2) is 12.4 Å². The lowest BCUT2D eigenvalue weighted by Gasteiger charge is -2.28. The Morgan fingerprint density at radius 1 is 1.31 bits per heavy atom. The summed E-state index contributed by atoms with van der Waals surface area (Å²) in [5, 5.41) is 37.9. The van der Waals surface area contributed by atoms with Crippen LogP contribution in [0.2, 0.25) is 5.28 Å². The van der Waals surface area contributed by atoms with E-state index in [-0.39, 0.29) is 11.0 Å². The van der Waals surface area contributed by atoms with E-state index in [0.717, 1.165) is 19.8 Å². The lowest BCUT2D eigenvalue weighted by atomic mass is 9.89.